The average molecular weight is 263 g/mol. The largest absolute Gasteiger partial charge is 0.387 e. The molecule has 0 fully saturated rings. The van der Waals surface area contributed by atoms with Gasteiger partial charge in [-0.15, -0.1) is 0 Å². The quantitative estimate of drug-likeness (QED) is 0.874. The number of nitrogens with zero attached hydrogens (tertiary/aromatic N) is 1. The third-order valence-electron chi connectivity index (χ3n) is 3.97. The highest BCUT2D eigenvalue weighted by molar-refractivity contribution is 5.28. The number of hydrogen-bond donors (Lipinski definition) is 1. The van der Waals surface area contributed by atoms with Crippen LogP contribution in [0.3, 0.4) is 0 Å². The molecule has 1 N–H and O–H groups in total. The maximum Gasteiger partial charge on any atom is 0.0916 e. The Morgan fingerprint density at radius 2 is 1.68 bits per heavy atom. The summed E-state index contributed by atoms with van der Waals surface area (Å²) in [6.45, 7) is 11.7. The minimum Gasteiger partial charge on any atom is -0.387 e. The molecular formula is C17H29NO. The van der Waals surface area contributed by atoms with Crippen molar-refractivity contribution in [3.8, 4) is 0 Å². The Balaban J connectivity index is 2.70. The first-order valence-corrected chi connectivity index (χ1v) is 7.24. The van der Waals surface area contributed by atoms with Crippen LogP contribution in [-0.2, 0) is 5.41 Å². The number of aliphatic hydroxyl groups is 1. The van der Waals surface area contributed by atoms with Crippen LogP contribution in [-0.4, -0.2) is 29.6 Å². The molecule has 2 atom stereocenters. The second-order valence-corrected chi connectivity index (χ2v) is 6.58. The van der Waals surface area contributed by atoms with Crippen LogP contribution < -0.4 is 0 Å². The van der Waals surface area contributed by atoms with Crippen molar-refractivity contribution in [2.45, 2.75) is 58.6 Å². The van der Waals surface area contributed by atoms with E-state index in [2.05, 4.69) is 70.8 Å². The number of aliphatic hydroxyl groups excluding tert-OH is 1. The van der Waals surface area contributed by atoms with Crippen LogP contribution in [0.2, 0.25) is 0 Å². The van der Waals surface area contributed by atoms with Crippen LogP contribution >= 0.6 is 0 Å². The molecule has 0 spiro atoms. The maximum atomic E-state index is 10.3. The molecule has 0 bridgehead atoms. The van der Waals surface area contributed by atoms with Gasteiger partial charge in [-0.3, -0.25) is 0 Å². The van der Waals surface area contributed by atoms with Crippen molar-refractivity contribution in [2.24, 2.45) is 0 Å². The smallest absolute Gasteiger partial charge is 0.0916 e. The highest BCUT2D eigenvalue weighted by atomic mass is 16.3. The average Bonchev–Trinajstić information content (AvgIpc) is 2.36. The van der Waals surface area contributed by atoms with E-state index < -0.39 is 6.10 Å². The molecule has 0 amide bonds. The molecule has 0 aromatic heterocycles. The van der Waals surface area contributed by atoms with Crippen molar-refractivity contribution in [1.82, 2.24) is 4.90 Å². The van der Waals surface area contributed by atoms with Crippen LogP contribution in [0.5, 0.6) is 0 Å². The van der Waals surface area contributed by atoms with Gasteiger partial charge in [-0.2, -0.15) is 0 Å². The molecular weight excluding hydrogens is 234 g/mol. The highest BCUT2D eigenvalue weighted by Crippen LogP contribution is 2.24. The van der Waals surface area contributed by atoms with Gasteiger partial charge in [0.2, 0.25) is 0 Å². The predicted octanol–water partition coefficient (Wildman–Crippen LogP) is 3.75. The zero-order valence-corrected chi connectivity index (χ0v) is 13.3. The Kier molecular flexibility index (Phi) is 5.57. The van der Waals surface area contributed by atoms with Gasteiger partial charge in [0.1, 0.15) is 0 Å². The molecule has 0 heterocycles. The molecule has 19 heavy (non-hydrogen) atoms. The molecule has 1 aromatic carbocycles. The summed E-state index contributed by atoms with van der Waals surface area (Å²) in [7, 11) is 2.07. The minimum atomic E-state index is -0.409. The fraction of sp³-hybridized carbons (Fsp3) is 0.647. The van der Waals surface area contributed by atoms with Gasteiger partial charge in [-0.25, -0.2) is 0 Å². The molecule has 2 nitrogen and oxygen atoms in total. The molecule has 0 saturated heterocycles. The van der Waals surface area contributed by atoms with E-state index in [4.69, 9.17) is 0 Å². The second-order valence-electron chi connectivity index (χ2n) is 6.58. The number of hydrogen-bond acceptors (Lipinski definition) is 2. The molecule has 2 heteroatoms. The predicted molar refractivity (Wildman–Crippen MR) is 82.5 cm³/mol. The summed E-state index contributed by atoms with van der Waals surface area (Å²) in [5, 5.41) is 10.3. The van der Waals surface area contributed by atoms with Crippen LogP contribution in [0.25, 0.3) is 0 Å². The summed E-state index contributed by atoms with van der Waals surface area (Å²) in [4.78, 5) is 2.21. The van der Waals surface area contributed by atoms with Crippen molar-refractivity contribution in [1.29, 1.82) is 0 Å². The third-order valence-corrected chi connectivity index (χ3v) is 3.97. The van der Waals surface area contributed by atoms with Crippen molar-refractivity contribution < 1.29 is 5.11 Å². The first-order valence-electron chi connectivity index (χ1n) is 7.24. The number of rotatable bonds is 5. The summed E-state index contributed by atoms with van der Waals surface area (Å²) in [5.74, 6) is 0. The van der Waals surface area contributed by atoms with Crippen molar-refractivity contribution in [2.75, 3.05) is 13.6 Å². The van der Waals surface area contributed by atoms with Crippen LogP contribution in [0, 0.1) is 0 Å². The van der Waals surface area contributed by atoms with Crippen LogP contribution in [0.1, 0.15) is 58.3 Å². The first-order chi connectivity index (χ1) is 8.75. The van der Waals surface area contributed by atoms with E-state index in [1.165, 1.54) is 5.56 Å². The van der Waals surface area contributed by atoms with Gasteiger partial charge in [0.05, 0.1) is 6.10 Å². The first kappa shape index (κ1) is 16.2. The fourth-order valence-corrected chi connectivity index (χ4v) is 2.08. The topological polar surface area (TPSA) is 23.5 Å². The molecule has 0 aliphatic carbocycles. The third kappa shape index (κ3) is 4.63. The van der Waals surface area contributed by atoms with Gasteiger partial charge in [0.25, 0.3) is 0 Å². The molecule has 0 aliphatic heterocycles. The Hall–Kier alpha value is -0.860. The summed E-state index contributed by atoms with van der Waals surface area (Å²) >= 11 is 0. The Bertz CT molecular complexity index is 377. The van der Waals surface area contributed by atoms with Crippen molar-refractivity contribution in [3.63, 3.8) is 0 Å². The standard InChI is InChI=1S/C17H29NO/c1-7-13(2)18(6)12-16(19)14-8-10-15(11-9-14)17(3,4)5/h8-11,13,16,19H,7,12H2,1-6H3. The van der Waals surface area contributed by atoms with Gasteiger partial charge >= 0.3 is 0 Å². The van der Waals surface area contributed by atoms with Crippen molar-refractivity contribution in [3.05, 3.63) is 35.4 Å². The lowest BCUT2D eigenvalue weighted by molar-refractivity contribution is 0.107. The zero-order chi connectivity index (χ0) is 14.6. The van der Waals surface area contributed by atoms with E-state index in [0.717, 1.165) is 12.0 Å². The SMILES string of the molecule is CCC(C)N(C)CC(O)c1ccc(C(C)(C)C)cc1. The second kappa shape index (κ2) is 6.53. The molecule has 108 valence electrons. The van der Waals surface area contributed by atoms with Gasteiger partial charge in [-0.1, -0.05) is 52.0 Å². The van der Waals surface area contributed by atoms with Crippen molar-refractivity contribution >= 4 is 0 Å². The monoisotopic (exact) mass is 263 g/mol. The number of likely N-dealkylation sites (N-methyl/N-ethyl adjacent to an activating group) is 1. The molecule has 1 rings (SSSR count). The van der Waals surface area contributed by atoms with Crippen LogP contribution in [0.15, 0.2) is 24.3 Å². The summed E-state index contributed by atoms with van der Waals surface area (Å²) in [5.41, 5.74) is 2.47. The van der Waals surface area contributed by atoms with Gasteiger partial charge in [0.15, 0.2) is 0 Å². The lowest BCUT2D eigenvalue weighted by Crippen LogP contribution is -2.32. The van der Waals surface area contributed by atoms with E-state index in [-0.39, 0.29) is 5.41 Å². The molecule has 2 unspecified atom stereocenters. The number of benzene rings is 1. The summed E-state index contributed by atoms with van der Waals surface area (Å²) < 4.78 is 0. The Labute approximate surface area is 118 Å². The van der Waals surface area contributed by atoms with E-state index >= 15 is 0 Å². The zero-order valence-electron chi connectivity index (χ0n) is 13.3. The highest BCUT2D eigenvalue weighted by Gasteiger charge is 2.16. The Morgan fingerprint density at radius 3 is 2.11 bits per heavy atom. The molecule has 0 aliphatic rings. The van der Waals surface area contributed by atoms with Gasteiger partial charge in [-0.05, 0) is 36.9 Å². The molecule has 1 aromatic rings. The van der Waals surface area contributed by atoms with E-state index in [1.54, 1.807) is 0 Å². The maximum absolute atomic E-state index is 10.3. The van der Waals surface area contributed by atoms with E-state index in [9.17, 15) is 5.11 Å². The lowest BCUT2D eigenvalue weighted by Gasteiger charge is -2.26. The van der Waals surface area contributed by atoms with Gasteiger partial charge in [0, 0.05) is 12.6 Å². The molecule has 0 saturated carbocycles. The fourth-order valence-electron chi connectivity index (χ4n) is 2.08. The minimum absolute atomic E-state index is 0.164. The van der Waals surface area contributed by atoms with Gasteiger partial charge < -0.3 is 10.0 Å². The lowest BCUT2D eigenvalue weighted by atomic mass is 9.86. The normalized spacial score (nSPS) is 15.6. The van der Waals surface area contributed by atoms with E-state index in [0.29, 0.717) is 12.6 Å². The van der Waals surface area contributed by atoms with Crippen LogP contribution in [0.4, 0.5) is 0 Å². The Morgan fingerprint density at radius 1 is 1.16 bits per heavy atom. The summed E-state index contributed by atoms with van der Waals surface area (Å²) in [6, 6.07) is 8.86. The molecule has 0 radical (unpaired) electrons. The summed E-state index contributed by atoms with van der Waals surface area (Å²) in [6.07, 6.45) is 0.694. The van der Waals surface area contributed by atoms with E-state index in [1.807, 2.05) is 0 Å².